The van der Waals surface area contributed by atoms with Crippen molar-refractivity contribution in [1.82, 2.24) is 25.3 Å². The molecule has 0 unspecified atom stereocenters. The molecular weight excluding hydrogens is 368 g/mol. The Morgan fingerprint density at radius 1 is 1.21 bits per heavy atom. The maximum atomic E-state index is 5.80. The van der Waals surface area contributed by atoms with Crippen molar-refractivity contribution >= 4 is 5.96 Å². The molecule has 2 heterocycles. The van der Waals surface area contributed by atoms with E-state index in [-0.39, 0.29) is 5.92 Å². The van der Waals surface area contributed by atoms with E-state index in [4.69, 9.17) is 9.26 Å². The van der Waals surface area contributed by atoms with Gasteiger partial charge < -0.3 is 19.5 Å². The van der Waals surface area contributed by atoms with E-state index in [1.807, 2.05) is 37.4 Å². The minimum Gasteiger partial charge on any atom is -0.492 e. The molecule has 0 saturated carbocycles. The lowest BCUT2D eigenvalue weighted by Gasteiger charge is -2.36. The van der Waals surface area contributed by atoms with Crippen LogP contribution in [0.5, 0.6) is 5.75 Å². The molecule has 1 aliphatic rings. The summed E-state index contributed by atoms with van der Waals surface area (Å²) in [4.78, 5) is 13.6. The number of guanidine groups is 1. The second-order valence-electron chi connectivity index (χ2n) is 7.42. The highest BCUT2D eigenvalue weighted by atomic mass is 16.5. The molecule has 0 radical (unpaired) electrons. The van der Waals surface area contributed by atoms with Crippen molar-refractivity contribution in [3.8, 4) is 5.75 Å². The number of hydrogen-bond acceptors (Lipinski definition) is 6. The monoisotopic (exact) mass is 400 g/mol. The molecule has 29 heavy (non-hydrogen) atoms. The van der Waals surface area contributed by atoms with Crippen molar-refractivity contribution in [2.75, 3.05) is 52.9 Å². The molecule has 1 fully saturated rings. The third-order valence-electron chi connectivity index (χ3n) is 4.93. The molecule has 0 aliphatic carbocycles. The van der Waals surface area contributed by atoms with Crippen LogP contribution in [0.1, 0.15) is 31.5 Å². The van der Waals surface area contributed by atoms with Gasteiger partial charge in [-0.05, 0) is 12.1 Å². The fourth-order valence-electron chi connectivity index (χ4n) is 3.21. The molecule has 1 saturated heterocycles. The first-order chi connectivity index (χ1) is 14.2. The predicted molar refractivity (Wildman–Crippen MR) is 113 cm³/mol. The largest absolute Gasteiger partial charge is 0.492 e. The van der Waals surface area contributed by atoms with Gasteiger partial charge in [-0.25, -0.2) is 0 Å². The lowest BCUT2D eigenvalue weighted by molar-refractivity contribution is 0.152. The molecule has 0 bridgehead atoms. The number of piperazine rings is 1. The Morgan fingerprint density at radius 3 is 2.62 bits per heavy atom. The molecule has 8 heteroatoms. The van der Waals surface area contributed by atoms with Crippen molar-refractivity contribution in [3.05, 3.63) is 42.0 Å². The molecule has 1 aromatic heterocycles. The fraction of sp³-hybridized carbons (Fsp3) is 0.571. The van der Waals surface area contributed by atoms with E-state index in [2.05, 4.69) is 44.1 Å². The summed E-state index contributed by atoms with van der Waals surface area (Å²) < 4.78 is 11.1. The van der Waals surface area contributed by atoms with Gasteiger partial charge >= 0.3 is 0 Å². The number of nitrogens with zero attached hydrogens (tertiary/aromatic N) is 5. The molecular formula is C21H32N6O2. The maximum Gasteiger partial charge on any atom is 0.228 e. The van der Waals surface area contributed by atoms with Gasteiger partial charge in [0.25, 0.3) is 0 Å². The zero-order chi connectivity index (χ0) is 20.5. The third kappa shape index (κ3) is 6.45. The fourth-order valence-corrected chi connectivity index (χ4v) is 3.21. The summed E-state index contributed by atoms with van der Waals surface area (Å²) in [5, 5.41) is 7.42. The van der Waals surface area contributed by atoms with Crippen molar-refractivity contribution in [3.63, 3.8) is 0 Å². The van der Waals surface area contributed by atoms with Crippen LogP contribution >= 0.6 is 0 Å². The second kappa shape index (κ2) is 10.8. The Kier molecular flexibility index (Phi) is 7.86. The quantitative estimate of drug-likeness (QED) is 0.536. The van der Waals surface area contributed by atoms with Crippen molar-refractivity contribution < 1.29 is 9.26 Å². The van der Waals surface area contributed by atoms with Gasteiger partial charge in [0.2, 0.25) is 5.89 Å². The van der Waals surface area contributed by atoms with Crippen LogP contribution in [0.4, 0.5) is 0 Å². The van der Waals surface area contributed by atoms with Gasteiger partial charge in [0.05, 0.1) is 0 Å². The van der Waals surface area contributed by atoms with E-state index in [9.17, 15) is 0 Å². The normalized spacial score (nSPS) is 15.7. The van der Waals surface area contributed by atoms with Crippen molar-refractivity contribution in [1.29, 1.82) is 0 Å². The first kappa shape index (κ1) is 21.1. The zero-order valence-corrected chi connectivity index (χ0v) is 17.7. The average molecular weight is 401 g/mol. The van der Waals surface area contributed by atoms with Gasteiger partial charge in [-0.15, -0.1) is 0 Å². The maximum absolute atomic E-state index is 5.80. The van der Waals surface area contributed by atoms with Crippen LogP contribution in [-0.4, -0.2) is 78.8 Å². The van der Waals surface area contributed by atoms with Crippen LogP contribution in [0.15, 0.2) is 39.8 Å². The summed E-state index contributed by atoms with van der Waals surface area (Å²) in [5.74, 6) is 3.56. The lowest BCUT2D eigenvalue weighted by Crippen LogP contribution is -2.53. The number of nitrogens with one attached hydrogen (secondary N) is 1. The predicted octanol–water partition coefficient (Wildman–Crippen LogP) is 2.01. The lowest BCUT2D eigenvalue weighted by atomic mass is 10.2. The number of hydrogen-bond donors (Lipinski definition) is 1. The van der Waals surface area contributed by atoms with Crippen LogP contribution in [0.3, 0.4) is 0 Å². The van der Waals surface area contributed by atoms with E-state index in [1.165, 1.54) is 0 Å². The summed E-state index contributed by atoms with van der Waals surface area (Å²) in [6, 6.07) is 9.97. The van der Waals surface area contributed by atoms with Crippen molar-refractivity contribution in [2.24, 2.45) is 4.99 Å². The molecule has 0 spiro atoms. The number of aromatic nitrogens is 2. The Hall–Kier alpha value is -2.61. The SMILES string of the molecule is CN=C(NCCc1nc(C(C)C)no1)N1CCN(CCOc2ccccc2)CC1. The van der Waals surface area contributed by atoms with Crippen LogP contribution in [0.25, 0.3) is 0 Å². The Morgan fingerprint density at radius 2 is 1.97 bits per heavy atom. The van der Waals surface area contributed by atoms with E-state index in [1.54, 1.807) is 0 Å². The zero-order valence-electron chi connectivity index (χ0n) is 17.7. The van der Waals surface area contributed by atoms with Crippen LogP contribution in [0.2, 0.25) is 0 Å². The highest BCUT2D eigenvalue weighted by Gasteiger charge is 2.19. The summed E-state index contributed by atoms with van der Waals surface area (Å²) >= 11 is 0. The van der Waals surface area contributed by atoms with E-state index >= 15 is 0 Å². The minimum absolute atomic E-state index is 0.280. The molecule has 0 amide bonds. The Labute approximate surface area is 172 Å². The minimum atomic E-state index is 0.280. The summed E-state index contributed by atoms with van der Waals surface area (Å²) in [5.41, 5.74) is 0. The van der Waals surface area contributed by atoms with Crippen LogP contribution < -0.4 is 10.1 Å². The van der Waals surface area contributed by atoms with Crippen LogP contribution in [-0.2, 0) is 6.42 Å². The van der Waals surface area contributed by atoms with Gasteiger partial charge in [0, 0.05) is 58.7 Å². The molecule has 158 valence electrons. The van der Waals surface area contributed by atoms with E-state index < -0.39 is 0 Å². The van der Waals surface area contributed by atoms with E-state index in [0.717, 1.165) is 56.8 Å². The Balaban J connectivity index is 1.34. The topological polar surface area (TPSA) is 79.0 Å². The van der Waals surface area contributed by atoms with Crippen molar-refractivity contribution in [2.45, 2.75) is 26.2 Å². The molecule has 1 aromatic carbocycles. The average Bonchev–Trinajstić information content (AvgIpc) is 3.22. The molecule has 1 aliphatic heterocycles. The Bertz CT molecular complexity index is 754. The summed E-state index contributed by atoms with van der Waals surface area (Å²) in [6.07, 6.45) is 0.690. The molecule has 0 atom stereocenters. The molecule has 3 rings (SSSR count). The van der Waals surface area contributed by atoms with Gasteiger partial charge in [0.1, 0.15) is 12.4 Å². The highest BCUT2D eigenvalue weighted by Crippen LogP contribution is 2.10. The van der Waals surface area contributed by atoms with Gasteiger partial charge in [-0.1, -0.05) is 37.2 Å². The first-order valence-electron chi connectivity index (χ1n) is 10.3. The summed E-state index contributed by atoms with van der Waals surface area (Å²) in [6.45, 7) is 10.4. The first-order valence-corrected chi connectivity index (χ1v) is 10.3. The third-order valence-corrected chi connectivity index (χ3v) is 4.93. The van der Waals surface area contributed by atoms with Crippen LogP contribution in [0, 0.1) is 0 Å². The van der Waals surface area contributed by atoms with Gasteiger partial charge in [-0.2, -0.15) is 4.98 Å². The number of rotatable bonds is 8. The highest BCUT2D eigenvalue weighted by molar-refractivity contribution is 5.80. The second-order valence-corrected chi connectivity index (χ2v) is 7.42. The van der Waals surface area contributed by atoms with E-state index in [0.29, 0.717) is 18.9 Å². The number of benzene rings is 1. The number of aliphatic imine (C=N–C) groups is 1. The summed E-state index contributed by atoms with van der Waals surface area (Å²) in [7, 11) is 1.83. The molecule has 2 aromatic rings. The van der Waals surface area contributed by atoms with Gasteiger partial charge in [-0.3, -0.25) is 9.89 Å². The standard InChI is InChI=1S/C21H32N6O2/c1-17(2)20-24-19(29-25-20)9-10-23-21(22-3)27-13-11-26(12-14-27)15-16-28-18-7-5-4-6-8-18/h4-8,17H,9-16H2,1-3H3,(H,22,23). The molecule has 1 N–H and O–H groups in total. The smallest absolute Gasteiger partial charge is 0.228 e. The molecule has 8 nitrogen and oxygen atoms in total. The number of ether oxygens (including phenoxy) is 1. The number of para-hydroxylation sites is 1. The van der Waals surface area contributed by atoms with Gasteiger partial charge in [0.15, 0.2) is 11.8 Å².